The van der Waals surface area contributed by atoms with Crippen molar-refractivity contribution in [2.24, 2.45) is 0 Å². The summed E-state index contributed by atoms with van der Waals surface area (Å²) in [5.74, 6) is 0.880. The molecule has 2 rings (SSSR count). The zero-order valence-electron chi connectivity index (χ0n) is 8.98. The molecule has 0 unspecified atom stereocenters. The summed E-state index contributed by atoms with van der Waals surface area (Å²) < 4.78 is 6.87. The van der Waals surface area contributed by atoms with Crippen molar-refractivity contribution in [3.63, 3.8) is 0 Å². The van der Waals surface area contributed by atoms with E-state index in [9.17, 15) is 0 Å². The molecule has 1 aromatic heterocycles. The van der Waals surface area contributed by atoms with E-state index in [0.717, 1.165) is 17.0 Å². The minimum atomic E-state index is 0.521. The summed E-state index contributed by atoms with van der Waals surface area (Å²) >= 11 is 2.27. The van der Waals surface area contributed by atoms with Crippen molar-refractivity contribution < 1.29 is 4.74 Å². The van der Waals surface area contributed by atoms with E-state index in [1.165, 1.54) is 3.57 Å². The first-order valence-electron chi connectivity index (χ1n) is 5.04. The fourth-order valence-electron chi connectivity index (χ4n) is 1.35. The van der Waals surface area contributed by atoms with Gasteiger partial charge in [-0.15, -0.1) is 0 Å². The molecule has 0 N–H and O–H groups in total. The normalized spacial score (nSPS) is 10.1. The molecule has 0 bridgehead atoms. The zero-order valence-corrected chi connectivity index (χ0v) is 11.1. The first-order chi connectivity index (χ1) is 7.75. The van der Waals surface area contributed by atoms with Gasteiger partial charge < -0.3 is 4.74 Å². The summed E-state index contributed by atoms with van der Waals surface area (Å²) in [6, 6.07) is 12.0. The molecule has 1 heterocycles. The van der Waals surface area contributed by atoms with Crippen LogP contribution in [-0.2, 0) is 6.61 Å². The molecule has 0 amide bonds. The average Bonchev–Trinajstić information content (AvgIpc) is 2.30. The number of hydrogen-bond donors (Lipinski definition) is 0. The van der Waals surface area contributed by atoms with Gasteiger partial charge in [-0.1, -0.05) is 6.07 Å². The van der Waals surface area contributed by atoms with Gasteiger partial charge in [0.1, 0.15) is 12.4 Å². The molecule has 1 aromatic carbocycles. The van der Waals surface area contributed by atoms with Gasteiger partial charge in [-0.25, -0.2) is 0 Å². The van der Waals surface area contributed by atoms with Crippen molar-refractivity contribution in [3.05, 3.63) is 57.4 Å². The van der Waals surface area contributed by atoms with E-state index < -0.39 is 0 Å². The third kappa shape index (κ3) is 2.95. The van der Waals surface area contributed by atoms with Crippen molar-refractivity contribution in [2.75, 3.05) is 0 Å². The van der Waals surface area contributed by atoms with E-state index in [1.54, 1.807) is 6.20 Å². The maximum atomic E-state index is 5.66. The highest BCUT2D eigenvalue weighted by Gasteiger charge is 2.00. The molecule has 2 aromatic rings. The molecule has 0 spiro atoms. The highest BCUT2D eigenvalue weighted by atomic mass is 127. The number of nitrogens with zero attached hydrogens (tertiary/aromatic N) is 1. The number of pyridine rings is 1. The van der Waals surface area contributed by atoms with Gasteiger partial charge in [0.15, 0.2) is 0 Å². The van der Waals surface area contributed by atoms with E-state index in [1.807, 2.05) is 43.3 Å². The lowest BCUT2D eigenvalue weighted by Gasteiger charge is -2.07. The van der Waals surface area contributed by atoms with Gasteiger partial charge in [-0.05, 0) is 65.4 Å². The van der Waals surface area contributed by atoms with Crippen molar-refractivity contribution in [3.8, 4) is 5.75 Å². The Hall–Kier alpha value is -1.10. The summed E-state index contributed by atoms with van der Waals surface area (Å²) in [4.78, 5) is 4.28. The maximum absolute atomic E-state index is 5.66. The number of aryl methyl sites for hydroxylation is 1. The number of rotatable bonds is 3. The summed E-state index contributed by atoms with van der Waals surface area (Å²) in [5.41, 5.74) is 2.15. The number of aromatic nitrogens is 1. The molecule has 0 aliphatic rings. The van der Waals surface area contributed by atoms with Gasteiger partial charge in [-0.3, -0.25) is 4.98 Å². The SMILES string of the molecule is Cc1cccnc1COc1ccc(I)cc1. The van der Waals surface area contributed by atoms with Crippen LogP contribution in [0.5, 0.6) is 5.75 Å². The molecule has 0 radical (unpaired) electrons. The second kappa shape index (κ2) is 5.30. The van der Waals surface area contributed by atoms with Crippen LogP contribution in [0.25, 0.3) is 0 Å². The zero-order chi connectivity index (χ0) is 11.4. The molecule has 0 atom stereocenters. The number of halogens is 1. The average molecular weight is 325 g/mol. The highest BCUT2D eigenvalue weighted by molar-refractivity contribution is 14.1. The van der Waals surface area contributed by atoms with Crippen molar-refractivity contribution in [1.82, 2.24) is 4.98 Å². The Kier molecular flexibility index (Phi) is 3.77. The topological polar surface area (TPSA) is 22.1 Å². The summed E-state index contributed by atoms with van der Waals surface area (Å²) in [5, 5.41) is 0. The molecular formula is C13H12INO. The lowest BCUT2D eigenvalue weighted by Crippen LogP contribution is -2.00. The van der Waals surface area contributed by atoms with E-state index >= 15 is 0 Å². The Morgan fingerprint density at radius 1 is 1.19 bits per heavy atom. The third-order valence-electron chi connectivity index (χ3n) is 2.31. The van der Waals surface area contributed by atoms with Crippen LogP contribution in [0.15, 0.2) is 42.6 Å². The van der Waals surface area contributed by atoms with Crippen LogP contribution < -0.4 is 4.74 Å². The molecular weight excluding hydrogens is 313 g/mol. The molecule has 0 saturated heterocycles. The second-order valence-electron chi connectivity index (χ2n) is 3.51. The maximum Gasteiger partial charge on any atom is 0.130 e. The van der Waals surface area contributed by atoms with E-state index in [4.69, 9.17) is 4.74 Å². The molecule has 0 aliphatic carbocycles. The van der Waals surface area contributed by atoms with Crippen LogP contribution in [0.2, 0.25) is 0 Å². The monoisotopic (exact) mass is 325 g/mol. The Balaban J connectivity index is 2.02. The van der Waals surface area contributed by atoms with Gasteiger partial charge in [-0.2, -0.15) is 0 Å². The van der Waals surface area contributed by atoms with Crippen LogP contribution in [0.4, 0.5) is 0 Å². The molecule has 16 heavy (non-hydrogen) atoms. The predicted molar refractivity (Wildman–Crippen MR) is 72.5 cm³/mol. The summed E-state index contributed by atoms with van der Waals surface area (Å²) in [6.07, 6.45) is 1.79. The first kappa shape index (κ1) is 11.4. The van der Waals surface area contributed by atoms with Gasteiger partial charge in [0.2, 0.25) is 0 Å². The van der Waals surface area contributed by atoms with Gasteiger partial charge in [0.05, 0.1) is 5.69 Å². The standard InChI is InChI=1S/C13H12INO/c1-10-3-2-8-15-13(10)9-16-12-6-4-11(14)5-7-12/h2-8H,9H2,1H3. The lowest BCUT2D eigenvalue weighted by atomic mass is 10.2. The number of hydrogen-bond acceptors (Lipinski definition) is 2. The van der Waals surface area contributed by atoms with Gasteiger partial charge >= 0.3 is 0 Å². The van der Waals surface area contributed by atoms with Gasteiger partial charge in [0.25, 0.3) is 0 Å². The number of benzene rings is 1. The van der Waals surface area contributed by atoms with E-state index in [2.05, 4.69) is 27.6 Å². The lowest BCUT2D eigenvalue weighted by molar-refractivity contribution is 0.300. The van der Waals surface area contributed by atoms with E-state index in [0.29, 0.717) is 6.61 Å². The highest BCUT2D eigenvalue weighted by Crippen LogP contribution is 2.15. The first-order valence-corrected chi connectivity index (χ1v) is 6.12. The second-order valence-corrected chi connectivity index (χ2v) is 4.76. The van der Waals surface area contributed by atoms with Crippen molar-refractivity contribution in [2.45, 2.75) is 13.5 Å². The Labute approximate surface area is 109 Å². The van der Waals surface area contributed by atoms with Crippen LogP contribution in [0, 0.1) is 10.5 Å². The predicted octanol–water partition coefficient (Wildman–Crippen LogP) is 3.57. The molecule has 82 valence electrons. The molecule has 0 aliphatic heterocycles. The molecule has 3 heteroatoms. The summed E-state index contributed by atoms with van der Waals surface area (Å²) in [7, 11) is 0. The smallest absolute Gasteiger partial charge is 0.130 e. The quantitative estimate of drug-likeness (QED) is 0.805. The fourth-order valence-corrected chi connectivity index (χ4v) is 1.71. The Morgan fingerprint density at radius 3 is 2.62 bits per heavy atom. The minimum Gasteiger partial charge on any atom is -0.487 e. The molecule has 0 saturated carbocycles. The largest absolute Gasteiger partial charge is 0.487 e. The van der Waals surface area contributed by atoms with Crippen LogP contribution >= 0.6 is 22.6 Å². The van der Waals surface area contributed by atoms with Crippen LogP contribution in [-0.4, -0.2) is 4.98 Å². The third-order valence-corrected chi connectivity index (χ3v) is 3.03. The minimum absolute atomic E-state index is 0.521. The molecule has 2 nitrogen and oxygen atoms in total. The summed E-state index contributed by atoms with van der Waals surface area (Å²) in [6.45, 7) is 2.56. The Bertz CT molecular complexity index is 468. The number of ether oxygens (including phenoxy) is 1. The van der Waals surface area contributed by atoms with Crippen LogP contribution in [0.3, 0.4) is 0 Å². The molecule has 0 fully saturated rings. The van der Waals surface area contributed by atoms with E-state index in [-0.39, 0.29) is 0 Å². The van der Waals surface area contributed by atoms with Crippen molar-refractivity contribution >= 4 is 22.6 Å². The fraction of sp³-hybridized carbons (Fsp3) is 0.154. The Morgan fingerprint density at radius 2 is 1.94 bits per heavy atom. The van der Waals surface area contributed by atoms with Crippen molar-refractivity contribution in [1.29, 1.82) is 0 Å². The van der Waals surface area contributed by atoms with Crippen LogP contribution in [0.1, 0.15) is 11.3 Å². The van der Waals surface area contributed by atoms with Gasteiger partial charge in [0, 0.05) is 9.77 Å².